The summed E-state index contributed by atoms with van der Waals surface area (Å²) in [6, 6.07) is 10.5. The number of ketones is 1. The standard InChI is InChI=1S/C60H109N3O7/c1-22-23-24-28-37-63(42-44-30-26-25-27-31-44)38-29-32-48(64)45(39-52(3,4)5)60(20,62)56(12,13)40-46(50(61)67)58(16,17)55(10,11)41-47(59(18,19)54(8,9)34-33-49(65)66)51(68)70-57(14,15)36-35-53(6,7)43(2)69-21/h25-27,30-31,43,45-47H,22-24,28-29,32-42,62H2,1-21H3,(H2,61,67)(H,65,66). The van der Waals surface area contributed by atoms with Crippen molar-refractivity contribution in [2.75, 3.05) is 20.2 Å². The zero-order valence-electron chi connectivity index (χ0n) is 49.0. The number of Topliss-reactive ketones (excluding diaryl/α,β-unsaturated/α-hetero) is 1. The maximum Gasteiger partial charge on any atom is 0.310 e. The van der Waals surface area contributed by atoms with Crippen LogP contribution >= 0.6 is 0 Å². The highest BCUT2D eigenvalue weighted by atomic mass is 16.6. The largest absolute Gasteiger partial charge is 0.481 e. The molecular formula is C60H109N3O7. The van der Waals surface area contributed by atoms with E-state index in [1.807, 2.05) is 40.7 Å². The average molecular weight is 985 g/mol. The van der Waals surface area contributed by atoms with Crippen LogP contribution in [0.1, 0.15) is 228 Å². The SMILES string of the molecule is CCCCCCN(CCCC(=O)C(CC(C)(C)C)C(C)(N)C(C)(C)CC(C(N)=O)C(C)(C)C(C)(C)CC(C(=O)OC(C)(C)CCC(C)(C)C(C)OC)C(C)(C)C(C)(C)CCC(=O)O)Cc1ccccc1. The van der Waals surface area contributed by atoms with Crippen molar-refractivity contribution in [3.63, 3.8) is 0 Å². The fourth-order valence-corrected chi connectivity index (χ4v) is 10.3. The number of esters is 1. The van der Waals surface area contributed by atoms with E-state index in [0.29, 0.717) is 38.5 Å². The van der Waals surface area contributed by atoms with Gasteiger partial charge in [0.25, 0.3) is 0 Å². The maximum atomic E-state index is 15.0. The number of hydrogen-bond acceptors (Lipinski definition) is 8. The molecule has 10 nitrogen and oxygen atoms in total. The van der Waals surface area contributed by atoms with E-state index >= 15 is 0 Å². The molecule has 10 heteroatoms. The van der Waals surface area contributed by atoms with Crippen molar-refractivity contribution in [3.8, 4) is 0 Å². The number of benzene rings is 1. The van der Waals surface area contributed by atoms with Gasteiger partial charge in [-0.3, -0.25) is 24.1 Å². The summed E-state index contributed by atoms with van der Waals surface area (Å²) < 4.78 is 12.2. The van der Waals surface area contributed by atoms with E-state index in [9.17, 15) is 24.3 Å². The molecule has 5 atom stereocenters. The Hall–Kier alpha value is -2.82. The molecule has 0 aliphatic rings. The summed E-state index contributed by atoms with van der Waals surface area (Å²) in [6.07, 6.45) is 8.86. The van der Waals surface area contributed by atoms with Crippen LogP contribution in [0.15, 0.2) is 30.3 Å². The number of hydrogen-bond donors (Lipinski definition) is 3. The molecule has 1 amide bonds. The number of nitrogens with zero attached hydrogens (tertiary/aromatic N) is 1. The van der Waals surface area contributed by atoms with Gasteiger partial charge in [-0.25, -0.2) is 0 Å². The number of carbonyl (C=O) groups excluding carboxylic acids is 3. The lowest BCUT2D eigenvalue weighted by Gasteiger charge is -2.55. The molecule has 0 spiro atoms. The fraction of sp³-hybridized carbons (Fsp3) is 0.833. The number of carbonyl (C=O) groups is 4. The molecule has 0 heterocycles. The van der Waals surface area contributed by atoms with Crippen LogP contribution in [0.2, 0.25) is 0 Å². The number of unbranched alkanes of at least 4 members (excludes halogenated alkanes) is 3. The van der Waals surface area contributed by atoms with Gasteiger partial charge in [0.05, 0.1) is 12.0 Å². The first-order chi connectivity index (χ1) is 31.6. The van der Waals surface area contributed by atoms with Crippen LogP contribution in [0.4, 0.5) is 0 Å². The summed E-state index contributed by atoms with van der Waals surface area (Å²) in [4.78, 5) is 58.2. The van der Waals surface area contributed by atoms with Crippen LogP contribution in [0.5, 0.6) is 0 Å². The quantitative estimate of drug-likeness (QED) is 0.0451. The zero-order valence-corrected chi connectivity index (χ0v) is 49.0. The predicted octanol–water partition coefficient (Wildman–Crippen LogP) is 13.8. The van der Waals surface area contributed by atoms with E-state index in [4.69, 9.17) is 20.9 Å². The molecule has 0 bridgehead atoms. The van der Waals surface area contributed by atoms with Gasteiger partial charge in [0, 0.05) is 43.9 Å². The number of rotatable bonds is 34. The lowest BCUT2D eigenvalue weighted by atomic mass is 9.50. The first kappa shape index (κ1) is 65.2. The Balaban J connectivity index is 3.69. The van der Waals surface area contributed by atoms with E-state index in [0.717, 1.165) is 38.9 Å². The number of carboxylic acids is 1. The van der Waals surface area contributed by atoms with E-state index in [-0.39, 0.29) is 35.1 Å². The third-order valence-corrected chi connectivity index (χ3v) is 18.3. The van der Waals surface area contributed by atoms with Gasteiger partial charge >= 0.3 is 11.9 Å². The highest BCUT2D eigenvalue weighted by molar-refractivity contribution is 5.83. The number of nitrogens with two attached hydrogens (primary N) is 2. The first-order valence-corrected chi connectivity index (χ1v) is 27.0. The first-order valence-electron chi connectivity index (χ1n) is 27.0. The van der Waals surface area contributed by atoms with Crippen molar-refractivity contribution in [1.82, 2.24) is 4.90 Å². The summed E-state index contributed by atoms with van der Waals surface area (Å²) in [5.74, 6) is -3.36. The molecular weight excluding hydrogens is 875 g/mol. The molecule has 1 aromatic rings. The predicted molar refractivity (Wildman–Crippen MR) is 291 cm³/mol. The Labute approximate surface area is 429 Å². The molecule has 0 aliphatic carbocycles. The van der Waals surface area contributed by atoms with Gasteiger partial charge < -0.3 is 26.0 Å². The maximum absolute atomic E-state index is 15.0. The van der Waals surface area contributed by atoms with Crippen molar-refractivity contribution in [2.45, 2.75) is 246 Å². The van der Waals surface area contributed by atoms with Crippen LogP contribution in [0, 0.1) is 55.7 Å². The van der Waals surface area contributed by atoms with Gasteiger partial charge in [0.15, 0.2) is 0 Å². The van der Waals surface area contributed by atoms with Crippen LogP contribution in [-0.2, 0) is 35.2 Å². The highest BCUT2D eigenvalue weighted by Crippen LogP contribution is 2.58. The smallest absolute Gasteiger partial charge is 0.310 e. The van der Waals surface area contributed by atoms with Crippen LogP contribution < -0.4 is 11.5 Å². The summed E-state index contributed by atoms with van der Waals surface area (Å²) in [5, 5.41) is 9.77. The van der Waals surface area contributed by atoms with E-state index in [2.05, 4.69) is 133 Å². The van der Waals surface area contributed by atoms with Crippen molar-refractivity contribution in [1.29, 1.82) is 0 Å². The van der Waals surface area contributed by atoms with E-state index in [1.54, 1.807) is 7.11 Å². The third-order valence-electron chi connectivity index (χ3n) is 18.3. The number of amides is 1. The molecule has 0 radical (unpaired) electrons. The van der Waals surface area contributed by atoms with Gasteiger partial charge in [0.2, 0.25) is 5.91 Å². The van der Waals surface area contributed by atoms with Crippen molar-refractivity contribution >= 4 is 23.6 Å². The van der Waals surface area contributed by atoms with Gasteiger partial charge in [-0.2, -0.15) is 0 Å². The second kappa shape index (κ2) is 25.9. The molecule has 0 aliphatic heterocycles. The van der Waals surface area contributed by atoms with Crippen molar-refractivity contribution in [3.05, 3.63) is 35.9 Å². The summed E-state index contributed by atoms with van der Waals surface area (Å²) in [7, 11) is 1.71. The van der Waals surface area contributed by atoms with Crippen LogP contribution in [0.3, 0.4) is 0 Å². The molecule has 70 heavy (non-hydrogen) atoms. The van der Waals surface area contributed by atoms with Crippen LogP contribution in [0.25, 0.3) is 0 Å². The van der Waals surface area contributed by atoms with Crippen molar-refractivity contribution in [2.24, 2.45) is 67.1 Å². The molecule has 0 aromatic heterocycles. The lowest BCUT2D eigenvalue weighted by molar-refractivity contribution is -0.175. The van der Waals surface area contributed by atoms with Gasteiger partial charge in [0.1, 0.15) is 11.4 Å². The van der Waals surface area contributed by atoms with E-state index < -0.39 is 67.8 Å². The molecule has 5 N–H and O–H groups in total. The minimum Gasteiger partial charge on any atom is -0.481 e. The Kier molecular flexibility index (Phi) is 24.1. The Morgan fingerprint density at radius 2 is 1.17 bits per heavy atom. The fourth-order valence-electron chi connectivity index (χ4n) is 10.3. The summed E-state index contributed by atoms with van der Waals surface area (Å²) >= 11 is 0. The molecule has 1 rings (SSSR count). The van der Waals surface area contributed by atoms with Gasteiger partial charge in [-0.15, -0.1) is 0 Å². The third kappa shape index (κ3) is 18.9. The minimum absolute atomic E-state index is 0.00509. The minimum atomic E-state index is -1.02. The topological polar surface area (TPSA) is 162 Å². The summed E-state index contributed by atoms with van der Waals surface area (Å²) in [6.45, 7) is 44.3. The van der Waals surface area contributed by atoms with Crippen LogP contribution in [-0.4, -0.2) is 71.1 Å². The molecule has 406 valence electrons. The Bertz CT molecular complexity index is 1790. The number of primary amides is 1. The Morgan fingerprint density at radius 3 is 1.67 bits per heavy atom. The number of ether oxygens (including phenoxy) is 2. The van der Waals surface area contributed by atoms with Crippen molar-refractivity contribution < 1.29 is 33.8 Å². The number of methoxy groups -OCH3 is 1. The monoisotopic (exact) mass is 984 g/mol. The van der Waals surface area contributed by atoms with E-state index in [1.165, 1.54) is 24.8 Å². The molecule has 0 saturated heterocycles. The average Bonchev–Trinajstić information content (AvgIpc) is 3.22. The highest BCUT2D eigenvalue weighted by Gasteiger charge is 2.56. The molecule has 0 fully saturated rings. The second-order valence-corrected chi connectivity index (χ2v) is 27.4. The summed E-state index contributed by atoms with van der Waals surface area (Å²) in [5.41, 5.74) is 9.65. The number of aliphatic carboxylic acids is 1. The zero-order chi connectivity index (χ0) is 54.5. The molecule has 1 aromatic carbocycles. The van der Waals surface area contributed by atoms with Gasteiger partial charge in [-0.1, -0.05) is 160 Å². The lowest BCUT2D eigenvalue weighted by Crippen LogP contribution is -2.60. The normalized spacial score (nSPS) is 16.3. The molecule has 5 unspecified atom stereocenters. The number of carboxylic acid groups (broad SMARTS) is 1. The Morgan fingerprint density at radius 1 is 0.643 bits per heavy atom. The molecule has 0 saturated carbocycles. The van der Waals surface area contributed by atoms with Gasteiger partial charge in [-0.05, 0) is 136 Å². The second-order valence-electron chi connectivity index (χ2n) is 27.4.